The fourth-order valence-electron chi connectivity index (χ4n) is 1.20. The summed E-state index contributed by atoms with van der Waals surface area (Å²) in [5.41, 5.74) is 1.99. The molecular formula is C11H6ClN3. The largest absolute Gasteiger partial charge is 0.236 e. The van der Waals surface area contributed by atoms with E-state index in [0.29, 0.717) is 10.7 Å². The quantitative estimate of drug-likeness (QED) is 0.735. The van der Waals surface area contributed by atoms with Crippen molar-refractivity contribution < 1.29 is 0 Å². The zero-order valence-electron chi connectivity index (χ0n) is 7.68. The molecule has 0 fully saturated rings. The molecule has 0 aliphatic rings. The molecule has 2 aromatic rings. The molecule has 0 saturated heterocycles. The predicted molar refractivity (Wildman–Crippen MR) is 57.2 cm³/mol. The van der Waals surface area contributed by atoms with Gasteiger partial charge in [-0.25, -0.2) is 9.97 Å². The minimum absolute atomic E-state index is 0.356. The lowest BCUT2D eigenvalue weighted by atomic mass is 10.1. The Morgan fingerprint density at radius 2 is 1.87 bits per heavy atom. The molecule has 0 spiro atoms. The average molecular weight is 216 g/mol. The van der Waals surface area contributed by atoms with Crippen LogP contribution < -0.4 is 0 Å². The van der Waals surface area contributed by atoms with Crippen LogP contribution in [0.4, 0.5) is 0 Å². The van der Waals surface area contributed by atoms with Gasteiger partial charge >= 0.3 is 0 Å². The number of hydrogen-bond acceptors (Lipinski definition) is 3. The van der Waals surface area contributed by atoms with Gasteiger partial charge in [0.15, 0.2) is 0 Å². The Morgan fingerprint density at radius 3 is 2.53 bits per heavy atom. The van der Waals surface area contributed by atoms with Crippen molar-refractivity contribution in [1.82, 2.24) is 9.97 Å². The lowest BCUT2D eigenvalue weighted by Crippen LogP contribution is -1.88. The van der Waals surface area contributed by atoms with Crippen LogP contribution in [-0.4, -0.2) is 9.97 Å². The van der Waals surface area contributed by atoms with E-state index in [0.717, 1.165) is 11.3 Å². The highest BCUT2D eigenvalue weighted by Gasteiger charge is 2.00. The highest BCUT2D eigenvalue weighted by molar-refractivity contribution is 6.30. The maximum atomic E-state index is 8.69. The molecule has 0 bridgehead atoms. The van der Waals surface area contributed by atoms with Crippen LogP contribution in [-0.2, 0) is 0 Å². The van der Waals surface area contributed by atoms with E-state index >= 15 is 0 Å². The molecule has 0 atom stereocenters. The average Bonchev–Trinajstić information content (AvgIpc) is 2.30. The van der Waals surface area contributed by atoms with Crippen LogP contribution >= 0.6 is 11.6 Å². The number of halogens is 1. The minimum Gasteiger partial charge on any atom is -0.236 e. The van der Waals surface area contributed by atoms with Gasteiger partial charge in [0.05, 0.1) is 5.69 Å². The smallest absolute Gasteiger partial charge is 0.144 e. The molecular weight excluding hydrogens is 210 g/mol. The van der Waals surface area contributed by atoms with Gasteiger partial charge in [-0.1, -0.05) is 23.7 Å². The lowest BCUT2D eigenvalue weighted by molar-refractivity contribution is 1.14. The van der Waals surface area contributed by atoms with Gasteiger partial charge in [0.25, 0.3) is 0 Å². The van der Waals surface area contributed by atoms with Crippen LogP contribution in [0.3, 0.4) is 0 Å². The van der Waals surface area contributed by atoms with Crippen LogP contribution in [0.5, 0.6) is 0 Å². The van der Waals surface area contributed by atoms with Crippen LogP contribution in [0.25, 0.3) is 11.3 Å². The Kier molecular flexibility index (Phi) is 2.61. The van der Waals surface area contributed by atoms with Gasteiger partial charge in [-0.15, -0.1) is 0 Å². The van der Waals surface area contributed by atoms with Gasteiger partial charge in [0.2, 0.25) is 0 Å². The Morgan fingerprint density at radius 1 is 1.13 bits per heavy atom. The summed E-state index contributed by atoms with van der Waals surface area (Å²) in [6.45, 7) is 0. The summed E-state index contributed by atoms with van der Waals surface area (Å²) >= 11 is 5.77. The summed E-state index contributed by atoms with van der Waals surface area (Å²) in [5, 5.41) is 9.37. The number of hydrogen-bond donors (Lipinski definition) is 0. The van der Waals surface area contributed by atoms with Crippen molar-refractivity contribution in [2.45, 2.75) is 0 Å². The third kappa shape index (κ3) is 2.12. The summed E-state index contributed by atoms with van der Waals surface area (Å²) in [5.74, 6) is 0. The summed E-state index contributed by atoms with van der Waals surface area (Å²) in [6.07, 6.45) is 1.38. The normalized spacial score (nSPS) is 9.60. The fourth-order valence-corrected chi connectivity index (χ4v) is 1.32. The maximum Gasteiger partial charge on any atom is 0.144 e. The summed E-state index contributed by atoms with van der Waals surface area (Å²) in [7, 11) is 0. The molecule has 0 aliphatic heterocycles. The SMILES string of the molecule is N#Cc1cc(-c2ccc(Cl)cc2)ncn1. The molecule has 1 heterocycles. The molecule has 4 heteroatoms. The zero-order valence-corrected chi connectivity index (χ0v) is 8.44. The van der Waals surface area contributed by atoms with Gasteiger partial charge in [-0.2, -0.15) is 5.26 Å². The monoisotopic (exact) mass is 215 g/mol. The van der Waals surface area contributed by atoms with E-state index in [2.05, 4.69) is 9.97 Å². The molecule has 1 aromatic heterocycles. The van der Waals surface area contributed by atoms with E-state index in [1.165, 1.54) is 6.33 Å². The molecule has 0 amide bonds. The molecule has 0 N–H and O–H groups in total. The molecule has 3 nitrogen and oxygen atoms in total. The number of nitrogens with zero attached hydrogens (tertiary/aromatic N) is 3. The molecule has 2 rings (SSSR count). The molecule has 0 radical (unpaired) electrons. The van der Waals surface area contributed by atoms with Crippen LogP contribution in [0.2, 0.25) is 5.02 Å². The third-order valence-electron chi connectivity index (χ3n) is 1.92. The first kappa shape index (κ1) is 9.63. The number of aromatic nitrogens is 2. The molecule has 0 aliphatic carbocycles. The Bertz CT molecular complexity index is 514. The summed E-state index contributed by atoms with van der Waals surface area (Å²) in [6, 6.07) is 10.9. The number of benzene rings is 1. The van der Waals surface area contributed by atoms with E-state index in [-0.39, 0.29) is 0 Å². The molecule has 72 valence electrons. The number of rotatable bonds is 1. The van der Waals surface area contributed by atoms with Gasteiger partial charge in [0.1, 0.15) is 18.1 Å². The van der Waals surface area contributed by atoms with Crippen molar-refractivity contribution in [3.05, 3.63) is 47.4 Å². The van der Waals surface area contributed by atoms with E-state index in [4.69, 9.17) is 16.9 Å². The standard InChI is InChI=1S/C11H6ClN3/c12-9-3-1-8(2-4-9)11-5-10(6-13)14-7-15-11/h1-5,7H. The van der Waals surface area contributed by atoms with Crippen molar-refractivity contribution in [3.63, 3.8) is 0 Å². The van der Waals surface area contributed by atoms with E-state index < -0.39 is 0 Å². The molecule has 1 aromatic carbocycles. The molecule has 0 unspecified atom stereocenters. The van der Waals surface area contributed by atoms with Crippen molar-refractivity contribution in [2.75, 3.05) is 0 Å². The minimum atomic E-state index is 0.356. The van der Waals surface area contributed by atoms with Crippen molar-refractivity contribution >= 4 is 11.6 Å². The topological polar surface area (TPSA) is 49.6 Å². The van der Waals surface area contributed by atoms with Gasteiger partial charge in [-0.3, -0.25) is 0 Å². The second-order valence-electron chi connectivity index (χ2n) is 2.91. The maximum absolute atomic E-state index is 8.69. The van der Waals surface area contributed by atoms with Crippen LogP contribution in [0, 0.1) is 11.3 Å². The number of nitriles is 1. The van der Waals surface area contributed by atoms with Crippen LogP contribution in [0.1, 0.15) is 5.69 Å². The zero-order chi connectivity index (χ0) is 10.7. The first-order valence-corrected chi connectivity index (χ1v) is 4.65. The highest BCUT2D eigenvalue weighted by Crippen LogP contribution is 2.19. The fraction of sp³-hybridized carbons (Fsp3) is 0. The second-order valence-corrected chi connectivity index (χ2v) is 3.34. The summed E-state index contributed by atoms with van der Waals surface area (Å²) < 4.78 is 0. The van der Waals surface area contributed by atoms with Crippen molar-refractivity contribution in [2.24, 2.45) is 0 Å². The van der Waals surface area contributed by atoms with E-state index in [1.54, 1.807) is 18.2 Å². The highest BCUT2D eigenvalue weighted by atomic mass is 35.5. The van der Waals surface area contributed by atoms with Gasteiger partial charge in [0, 0.05) is 16.7 Å². The third-order valence-corrected chi connectivity index (χ3v) is 2.17. The molecule has 0 saturated carbocycles. The Labute approximate surface area is 92.0 Å². The Balaban J connectivity index is 2.46. The van der Waals surface area contributed by atoms with Crippen molar-refractivity contribution in [1.29, 1.82) is 5.26 Å². The predicted octanol–water partition coefficient (Wildman–Crippen LogP) is 2.67. The van der Waals surface area contributed by atoms with Crippen molar-refractivity contribution in [3.8, 4) is 17.3 Å². The van der Waals surface area contributed by atoms with Crippen LogP contribution in [0.15, 0.2) is 36.7 Å². The van der Waals surface area contributed by atoms with Gasteiger partial charge < -0.3 is 0 Å². The lowest BCUT2D eigenvalue weighted by Gasteiger charge is -1.99. The van der Waals surface area contributed by atoms with E-state index in [9.17, 15) is 0 Å². The first-order valence-electron chi connectivity index (χ1n) is 4.27. The Hall–Kier alpha value is -1.92. The first-order chi connectivity index (χ1) is 7.29. The van der Waals surface area contributed by atoms with E-state index in [1.807, 2.05) is 18.2 Å². The van der Waals surface area contributed by atoms with Gasteiger partial charge in [-0.05, 0) is 12.1 Å². The molecule has 15 heavy (non-hydrogen) atoms. The second kappa shape index (κ2) is 4.07. The summed E-state index contributed by atoms with van der Waals surface area (Å²) in [4.78, 5) is 7.88.